The largest absolute Gasteiger partial charge is 0.462 e. The predicted octanol–water partition coefficient (Wildman–Crippen LogP) is 3.43. The van der Waals surface area contributed by atoms with Gasteiger partial charge in [0.2, 0.25) is 0 Å². The van der Waals surface area contributed by atoms with Crippen LogP contribution in [0.1, 0.15) is 33.6 Å². The van der Waals surface area contributed by atoms with Crippen LogP contribution in [0.15, 0.2) is 0 Å². The highest BCUT2D eigenvalue weighted by atomic mass is 19.3. The van der Waals surface area contributed by atoms with E-state index in [1.165, 1.54) is 0 Å². The van der Waals surface area contributed by atoms with Crippen molar-refractivity contribution in [2.75, 3.05) is 13.2 Å². The summed E-state index contributed by atoms with van der Waals surface area (Å²) in [5, 5.41) is 0. The summed E-state index contributed by atoms with van der Waals surface area (Å²) in [6.45, 7) is 3.49. The summed E-state index contributed by atoms with van der Waals surface area (Å²) in [6, 6.07) is 0. The third-order valence-corrected chi connectivity index (χ3v) is 3.06. The fourth-order valence-corrected chi connectivity index (χ4v) is 1.16. The number of carbonyl (C=O) groups is 2. The molecule has 0 atom stereocenters. The second-order valence-corrected chi connectivity index (χ2v) is 5.45. The van der Waals surface area contributed by atoms with Crippen LogP contribution < -0.4 is 0 Å². The van der Waals surface area contributed by atoms with Gasteiger partial charge < -0.3 is 9.47 Å². The Kier molecular flexibility index (Phi) is 7.36. The van der Waals surface area contributed by atoms with E-state index in [9.17, 15) is 35.9 Å². The lowest BCUT2D eigenvalue weighted by Gasteiger charge is -2.22. The van der Waals surface area contributed by atoms with Crippen LogP contribution in [0.5, 0.6) is 0 Å². The number of rotatable bonds is 9. The maximum absolute atomic E-state index is 13.1. The third-order valence-electron chi connectivity index (χ3n) is 3.06. The summed E-state index contributed by atoms with van der Waals surface area (Å²) in [5.41, 5.74) is -0.826. The highest BCUT2D eigenvalue weighted by molar-refractivity contribution is 5.78. The van der Waals surface area contributed by atoms with Gasteiger partial charge in [-0.1, -0.05) is 6.92 Å². The van der Waals surface area contributed by atoms with Crippen molar-refractivity contribution in [3.05, 3.63) is 0 Å². The third kappa shape index (κ3) is 6.66. The zero-order valence-corrected chi connectivity index (χ0v) is 12.8. The fraction of sp³-hybridized carbons (Fsp3) is 0.846. The molecule has 0 rings (SSSR count). The zero-order valence-electron chi connectivity index (χ0n) is 12.8. The lowest BCUT2D eigenvalue weighted by atomic mass is 9.91. The Morgan fingerprint density at radius 1 is 0.957 bits per heavy atom. The molecule has 0 aromatic carbocycles. The Labute approximate surface area is 129 Å². The monoisotopic (exact) mass is 352 g/mol. The molecule has 136 valence electrons. The standard InChI is InChI=1S/C13H18F6O4/c1-4-11(2,3)9(20)22-5-6-23-10(21)13(18,19)7-12(16,17)8(14)15/h8H,4-7H2,1-3H3. The number of halogens is 6. The van der Waals surface area contributed by atoms with Gasteiger partial charge in [-0.2, -0.15) is 8.78 Å². The van der Waals surface area contributed by atoms with Gasteiger partial charge in [-0.3, -0.25) is 4.79 Å². The number of esters is 2. The van der Waals surface area contributed by atoms with E-state index in [0.29, 0.717) is 6.42 Å². The van der Waals surface area contributed by atoms with E-state index in [4.69, 9.17) is 0 Å². The van der Waals surface area contributed by atoms with E-state index < -0.39 is 55.3 Å². The topological polar surface area (TPSA) is 52.6 Å². The summed E-state index contributed by atoms with van der Waals surface area (Å²) < 4.78 is 83.7. The molecule has 0 bridgehead atoms. The molecular formula is C13H18F6O4. The molecule has 0 aliphatic rings. The molecule has 10 heteroatoms. The Balaban J connectivity index is 4.37. The predicted molar refractivity (Wildman–Crippen MR) is 66.5 cm³/mol. The molecule has 0 heterocycles. The normalized spacial score (nSPS) is 13.1. The van der Waals surface area contributed by atoms with Crippen molar-refractivity contribution >= 4 is 11.9 Å². The quantitative estimate of drug-likeness (QED) is 0.362. The Bertz CT molecular complexity index is 423. The molecule has 0 fully saturated rings. The van der Waals surface area contributed by atoms with Crippen molar-refractivity contribution < 1.29 is 45.4 Å². The first-order valence-corrected chi connectivity index (χ1v) is 6.64. The first-order chi connectivity index (χ1) is 10.3. The average Bonchev–Trinajstić information content (AvgIpc) is 2.41. The first kappa shape index (κ1) is 21.5. The van der Waals surface area contributed by atoms with E-state index in [0.717, 1.165) is 0 Å². The summed E-state index contributed by atoms with van der Waals surface area (Å²) in [5.74, 6) is -12.9. The number of hydrogen-bond donors (Lipinski definition) is 0. The van der Waals surface area contributed by atoms with Gasteiger partial charge in [0.15, 0.2) is 0 Å². The lowest BCUT2D eigenvalue weighted by Crippen LogP contribution is -2.41. The van der Waals surface area contributed by atoms with Gasteiger partial charge in [0.25, 0.3) is 0 Å². The Morgan fingerprint density at radius 2 is 1.39 bits per heavy atom. The molecule has 23 heavy (non-hydrogen) atoms. The van der Waals surface area contributed by atoms with Crippen molar-refractivity contribution in [3.63, 3.8) is 0 Å². The summed E-state index contributed by atoms with van der Waals surface area (Å²) in [4.78, 5) is 22.5. The van der Waals surface area contributed by atoms with Crippen LogP contribution in [-0.4, -0.2) is 43.4 Å². The lowest BCUT2D eigenvalue weighted by molar-refractivity contribution is -0.203. The molecule has 0 radical (unpaired) electrons. The molecule has 0 aromatic rings. The molecule has 0 saturated heterocycles. The molecule has 0 unspecified atom stereocenters. The van der Waals surface area contributed by atoms with Crippen LogP contribution >= 0.6 is 0 Å². The van der Waals surface area contributed by atoms with Crippen molar-refractivity contribution in [2.24, 2.45) is 5.41 Å². The minimum atomic E-state index is -5.03. The molecule has 0 amide bonds. The molecule has 0 aliphatic carbocycles. The first-order valence-electron chi connectivity index (χ1n) is 6.64. The zero-order chi connectivity index (χ0) is 18.5. The van der Waals surface area contributed by atoms with Crippen molar-refractivity contribution in [3.8, 4) is 0 Å². The van der Waals surface area contributed by atoms with Crippen molar-refractivity contribution in [2.45, 2.75) is 51.9 Å². The van der Waals surface area contributed by atoms with Crippen LogP contribution in [0.2, 0.25) is 0 Å². The second kappa shape index (κ2) is 7.87. The van der Waals surface area contributed by atoms with Gasteiger partial charge >= 0.3 is 30.2 Å². The van der Waals surface area contributed by atoms with Gasteiger partial charge in [-0.15, -0.1) is 0 Å². The Morgan fingerprint density at radius 3 is 1.78 bits per heavy atom. The summed E-state index contributed by atoms with van der Waals surface area (Å²) >= 11 is 0. The van der Waals surface area contributed by atoms with Crippen molar-refractivity contribution in [1.82, 2.24) is 0 Å². The van der Waals surface area contributed by atoms with Crippen LogP contribution in [0.25, 0.3) is 0 Å². The van der Waals surface area contributed by atoms with Crippen LogP contribution in [0.4, 0.5) is 26.3 Å². The van der Waals surface area contributed by atoms with Crippen molar-refractivity contribution in [1.29, 1.82) is 0 Å². The maximum atomic E-state index is 13.1. The smallest absolute Gasteiger partial charge is 0.377 e. The SMILES string of the molecule is CCC(C)(C)C(=O)OCCOC(=O)C(F)(F)CC(F)(F)C(F)F. The highest BCUT2D eigenvalue weighted by Gasteiger charge is 2.54. The molecular weight excluding hydrogens is 334 g/mol. The number of carbonyl (C=O) groups excluding carboxylic acids is 2. The minimum absolute atomic E-state index is 0.437. The number of ether oxygens (including phenoxy) is 2. The van der Waals surface area contributed by atoms with Gasteiger partial charge in [-0.05, 0) is 20.3 Å². The molecule has 0 aromatic heterocycles. The Hall–Kier alpha value is -1.48. The maximum Gasteiger partial charge on any atom is 0.377 e. The van der Waals surface area contributed by atoms with Gasteiger partial charge in [0, 0.05) is 0 Å². The van der Waals surface area contributed by atoms with E-state index in [-0.39, 0.29) is 0 Å². The molecule has 0 spiro atoms. The van der Waals surface area contributed by atoms with E-state index >= 15 is 0 Å². The molecule has 0 aliphatic heterocycles. The molecule has 4 nitrogen and oxygen atoms in total. The summed E-state index contributed by atoms with van der Waals surface area (Å²) in [7, 11) is 0. The molecule has 0 N–H and O–H groups in total. The van der Waals surface area contributed by atoms with Gasteiger partial charge in [0.05, 0.1) is 11.8 Å². The van der Waals surface area contributed by atoms with Crippen LogP contribution in [0, 0.1) is 5.41 Å². The van der Waals surface area contributed by atoms with E-state index in [1.54, 1.807) is 20.8 Å². The molecule has 0 saturated carbocycles. The second-order valence-electron chi connectivity index (χ2n) is 5.45. The van der Waals surface area contributed by atoms with E-state index in [1.807, 2.05) is 0 Å². The summed E-state index contributed by atoms with van der Waals surface area (Å²) in [6.07, 6.45) is -6.57. The minimum Gasteiger partial charge on any atom is -0.462 e. The highest BCUT2D eigenvalue weighted by Crippen LogP contribution is 2.35. The van der Waals surface area contributed by atoms with Gasteiger partial charge in [-0.25, -0.2) is 22.4 Å². The van der Waals surface area contributed by atoms with E-state index in [2.05, 4.69) is 9.47 Å². The number of hydrogen-bond acceptors (Lipinski definition) is 4. The van der Waals surface area contributed by atoms with Gasteiger partial charge in [0.1, 0.15) is 13.2 Å². The van der Waals surface area contributed by atoms with Crippen LogP contribution in [0.3, 0.4) is 0 Å². The fourth-order valence-electron chi connectivity index (χ4n) is 1.16. The average molecular weight is 352 g/mol. The van der Waals surface area contributed by atoms with Crippen LogP contribution in [-0.2, 0) is 19.1 Å². The number of alkyl halides is 6.